The normalized spacial score (nSPS) is 11.1. The van der Waals surface area contributed by atoms with E-state index in [-0.39, 0.29) is 5.78 Å². The fourth-order valence-corrected chi connectivity index (χ4v) is 3.36. The smallest absolute Gasteiger partial charge is 0.189 e. The molecule has 0 spiro atoms. The lowest BCUT2D eigenvalue weighted by Gasteiger charge is -2.11. The summed E-state index contributed by atoms with van der Waals surface area (Å²) in [5.74, 6) is 1.45. The highest BCUT2D eigenvalue weighted by atomic mass is 79.9. The number of hydrogen-bond donors (Lipinski definition) is 0. The van der Waals surface area contributed by atoms with Gasteiger partial charge in [-0.1, -0.05) is 28.1 Å². The van der Waals surface area contributed by atoms with E-state index in [1.165, 1.54) is 0 Å². The van der Waals surface area contributed by atoms with Crippen LogP contribution in [0.5, 0.6) is 11.5 Å². The molecule has 0 saturated carbocycles. The summed E-state index contributed by atoms with van der Waals surface area (Å²) in [6, 6.07) is 13.4. The first-order valence-electron chi connectivity index (χ1n) is 9.17. The predicted octanol–water partition coefficient (Wildman–Crippen LogP) is 5.28. The molecule has 0 atom stereocenters. The van der Waals surface area contributed by atoms with Crippen LogP contribution in [0.25, 0.3) is 6.08 Å². The zero-order valence-electron chi connectivity index (χ0n) is 16.9. The highest BCUT2D eigenvalue weighted by molar-refractivity contribution is 9.10. The molecular weight excluding hydrogens is 432 g/mol. The molecule has 0 fully saturated rings. The minimum absolute atomic E-state index is 0.0587. The summed E-state index contributed by atoms with van der Waals surface area (Å²) in [7, 11) is 3.47. The van der Waals surface area contributed by atoms with Gasteiger partial charge in [0.15, 0.2) is 5.78 Å². The van der Waals surface area contributed by atoms with Gasteiger partial charge < -0.3 is 9.47 Å². The highest BCUT2D eigenvalue weighted by Crippen LogP contribution is 2.24. The average molecular weight is 455 g/mol. The molecule has 0 bridgehead atoms. The largest absolute Gasteiger partial charge is 0.496 e. The number of allylic oxidation sites excluding steroid dienone is 1. The van der Waals surface area contributed by atoms with Gasteiger partial charge in [-0.3, -0.25) is 9.48 Å². The number of ketones is 1. The molecule has 150 valence electrons. The van der Waals surface area contributed by atoms with Crippen LogP contribution in [0.3, 0.4) is 0 Å². The summed E-state index contributed by atoms with van der Waals surface area (Å²) in [6.07, 6.45) is 3.38. The second-order valence-electron chi connectivity index (χ2n) is 6.68. The molecule has 6 heteroatoms. The van der Waals surface area contributed by atoms with Crippen LogP contribution >= 0.6 is 15.9 Å². The van der Waals surface area contributed by atoms with Crippen molar-refractivity contribution in [2.45, 2.75) is 20.5 Å². The molecule has 0 aliphatic heterocycles. The van der Waals surface area contributed by atoms with Gasteiger partial charge in [0, 0.05) is 22.8 Å². The average Bonchev–Trinajstić information content (AvgIpc) is 2.97. The molecule has 29 heavy (non-hydrogen) atoms. The Hall–Kier alpha value is -2.86. The van der Waals surface area contributed by atoms with Crippen molar-refractivity contribution in [3.63, 3.8) is 0 Å². The maximum Gasteiger partial charge on any atom is 0.189 e. The van der Waals surface area contributed by atoms with E-state index in [1.54, 1.807) is 23.9 Å². The minimum atomic E-state index is -0.0587. The Morgan fingerprint density at radius 1 is 1.17 bits per heavy atom. The standard InChI is InChI=1S/C23H23BrN2O3/c1-15-23(16(2)26(3)25-15)21(27)11-5-17-6-12-22(28-4)18(13-17)14-29-20-9-7-19(24)8-10-20/h5-13H,14H2,1-4H3/b11-5+. The number of aromatic nitrogens is 2. The Morgan fingerprint density at radius 2 is 1.90 bits per heavy atom. The molecule has 1 heterocycles. The Bertz CT molecular complexity index is 1050. The molecule has 2 aromatic carbocycles. The molecule has 3 aromatic rings. The number of aryl methyl sites for hydroxylation is 2. The number of carbonyl (C=O) groups is 1. The number of methoxy groups -OCH3 is 1. The van der Waals surface area contributed by atoms with Crippen LogP contribution in [0.2, 0.25) is 0 Å². The third-order valence-corrected chi connectivity index (χ3v) is 5.22. The summed E-state index contributed by atoms with van der Waals surface area (Å²) in [5, 5.41) is 4.31. The maximum absolute atomic E-state index is 12.6. The quantitative estimate of drug-likeness (QED) is 0.359. The zero-order valence-corrected chi connectivity index (χ0v) is 18.5. The van der Waals surface area contributed by atoms with Crippen molar-refractivity contribution < 1.29 is 14.3 Å². The number of hydrogen-bond acceptors (Lipinski definition) is 4. The van der Waals surface area contributed by atoms with Crippen LogP contribution in [0.1, 0.15) is 32.9 Å². The van der Waals surface area contributed by atoms with Crippen molar-refractivity contribution in [1.29, 1.82) is 0 Å². The van der Waals surface area contributed by atoms with Gasteiger partial charge in [0.2, 0.25) is 0 Å². The second kappa shape index (κ2) is 9.09. The monoisotopic (exact) mass is 454 g/mol. The van der Waals surface area contributed by atoms with Crippen molar-refractivity contribution in [2.24, 2.45) is 7.05 Å². The van der Waals surface area contributed by atoms with Gasteiger partial charge >= 0.3 is 0 Å². The number of rotatable bonds is 7. The summed E-state index contributed by atoms with van der Waals surface area (Å²) in [6.45, 7) is 4.10. The first kappa shape index (κ1) is 20.9. The van der Waals surface area contributed by atoms with E-state index in [9.17, 15) is 4.79 Å². The molecule has 0 saturated heterocycles. The fourth-order valence-electron chi connectivity index (χ4n) is 3.09. The molecular formula is C23H23BrN2O3. The lowest BCUT2D eigenvalue weighted by atomic mass is 10.1. The first-order valence-corrected chi connectivity index (χ1v) is 9.96. The van der Waals surface area contributed by atoms with Crippen molar-refractivity contribution in [3.05, 3.63) is 81.1 Å². The first-order chi connectivity index (χ1) is 13.9. The van der Waals surface area contributed by atoms with E-state index in [1.807, 2.05) is 63.4 Å². The number of benzene rings is 2. The van der Waals surface area contributed by atoms with Gasteiger partial charge in [0.05, 0.1) is 18.4 Å². The minimum Gasteiger partial charge on any atom is -0.496 e. The van der Waals surface area contributed by atoms with E-state index in [2.05, 4.69) is 21.0 Å². The molecule has 0 aliphatic carbocycles. The third-order valence-electron chi connectivity index (χ3n) is 4.70. The number of carbonyl (C=O) groups excluding carboxylic acids is 1. The van der Waals surface area contributed by atoms with E-state index in [0.29, 0.717) is 12.2 Å². The Labute approximate surface area is 179 Å². The summed E-state index contributed by atoms with van der Waals surface area (Å²) in [5.41, 5.74) is 4.04. The van der Waals surface area contributed by atoms with Gasteiger partial charge in [-0.05, 0) is 61.9 Å². The molecule has 1 aromatic heterocycles. The van der Waals surface area contributed by atoms with Crippen LogP contribution in [0, 0.1) is 13.8 Å². The van der Waals surface area contributed by atoms with E-state index < -0.39 is 0 Å². The van der Waals surface area contributed by atoms with Gasteiger partial charge in [-0.15, -0.1) is 0 Å². The van der Waals surface area contributed by atoms with Gasteiger partial charge in [0.25, 0.3) is 0 Å². The van der Waals surface area contributed by atoms with Gasteiger partial charge in [-0.2, -0.15) is 5.10 Å². The SMILES string of the molecule is COc1ccc(/C=C/C(=O)c2c(C)nn(C)c2C)cc1COc1ccc(Br)cc1. The van der Waals surface area contributed by atoms with Crippen LogP contribution in [0.4, 0.5) is 0 Å². The highest BCUT2D eigenvalue weighted by Gasteiger charge is 2.15. The van der Waals surface area contributed by atoms with Crippen molar-refractivity contribution in [1.82, 2.24) is 9.78 Å². The fraction of sp³-hybridized carbons (Fsp3) is 0.217. The lowest BCUT2D eigenvalue weighted by Crippen LogP contribution is -2.00. The molecule has 5 nitrogen and oxygen atoms in total. The third kappa shape index (κ3) is 4.95. The number of nitrogens with zero attached hydrogens (tertiary/aromatic N) is 2. The van der Waals surface area contributed by atoms with Gasteiger partial charge in [0.1, 0.15) is 18.1 Å². The van der Waals surface area contributed by atoms with Crippen LogP contribution < -0.4 is 9.47 Å². The number of halogens is 1. The van der Waals surface area contributed by atoms with Gasteiger partial charge in [-0.25, -0.2) is 0 Å². The van der Waals surface area contributed by atoms with Crippen molar-refractivity contribution in [2.75, 3.05) is 7.11 Å². The Kier molecular flexibility index (Phi) is 6.54. The maximum atomic E-state index is 12.6. The van der Waals surface area contributed by atoms with Crippen LogP contribution in [-0.4, -0.2) is 22.7 Å². The molecule has 0 N–H and O–H groups in total. The molecule has 0 amide bonds. The Balaban J connectivity index is 1.77. The predicted molar refractivity (Wildman–Crippen MR) is 118 cm³/mol. The Morgan fingerprint density at radius 3 is 2.52 bits per heavy atom. The second-order valence-corrected chi connectivity index (χ2v) is 7.60. The molecule has 0 radical (unpaired) electrons. The lowest BCUT2D eigenvalue weighted by molar-refractivity contribution is 0.104. The topological polar surface area (TPSA) is 53.3 Å². The van der Waals surface area contributed by atoms with Crippen molar-refractivity contribution in [3.8, 4) is 11.5 Å². The van der Waals surface area contributed by atoms with E-state index in [4.69, 9.17) is 9.47 Å². The van der Waals surface area contributed by atoms with E-state index >= 15 is 0 Å². The van der Waals surface area contributed by atoms with Crippen LogP contribution in [0.15, 0.2) is 53.0 Å². The molecule has 0 aliphatic rings. The number of ether oxygens (including phenoxy) is 2. The van der Waals surface area contributed by atoms with Crippen LogP contribution in [-0.2, 0) is 13.7 Å². The van der Waals surface area contributed by atoms with Crippen molar-refractivity contribution >= 4 is 27.8 Å². The summed E-state index contributed by atoms with van der Waals surface area (Å²) in [4.78, 5) is 12.6. The van der Waals surface area contributed by atoms with E-state index in [0.717, 1.165) is 38.5 Å². The molecule has 3 rings (SSSR count). The zero-order chi connectivity index (χ0) is 21.0. The molecule has 0 unspecified atom stereocenters. The summed E-state index contributed by atoms with van der Waals surface area (Å²) < 4.78 is 14.0. The summed E-state index contributed by atoms with van der Waals surface area (Å²) >= 11 is 3.41.